The van der Waals surface area contributed by atoms with Gasteiger partial charge < -0.3 is 0 Å². The second-order valence-electron chi connectivity index (χ2n) is 5.51. The monoisotopic (exact) mass is 331 g/mol. The van der Waals surface area contributed by atoms with Gasteiger partial charge in [0.2, 0.25) is 10.0 Å². The van der Waals surface area contributed by atoms with E-state index in [1.165, 1.54) is 4.31 Å². The number of sulfonamides is 1. The highest BCUT2D eigenvalue weighted by molar-refractivity contribution is 7.92. The zero-order valence-corrected chi connectivity index (χ0v) is 14.2. The van der Waals surface area contributed by atoms with Crippen molar-refractivity contribution in [3.63, 3.8) is 0 Å². The third-order valence-corrected chi connectivity index (χ3v) is 7.79. The molecule has 1 unspecified atom stereocenters. The molecule has 0 radical (unpaired) electrons. The number of nitrogens with zero attached hydrogens (tertiary/aromatic N) is 1. The Morgan fingerprint density at radius 3 is 2.38 bits per heavy atom. The van der Waals surface area contributed by atoms with Gasteiger partial charge in [0.1, 0.15) is 0 Å². The fraction of sp³-hybridized carbons (Fsp3) is 0.571. The third kappa shape index (κ3) is 3.30. The molecule has 0 aromatic heterocycles. The van der Waals surface area contributed by atoms with E-state index in [1.54, 1.807) is 25.1 Å². The van der Waals surface area contributed by atoms with Crippen molar-refractivity contribution in [2.75, 3.05) is 18.1 Å². The van der Waals surface area contributed by atoms with E-state index in [0.717, 1.165) is 11.1 Å². The van der Waals surface area contributed by atoms with Crippen LogP contribution in [0.1, 0.15) is 24.5 Å². The summed E-state index contributed by atoms with van der Waals surface area (Å²) in [6.07, 6.45) is 0.375. The first-order valence-corrected chi connectivity index (χ1v) is 10.2. The zero-order chi connectivity index (χ0) is 15.8. The Kier molecular flexibility index (Phi) is 4.46. The van der Waals surface area contributed by atoms with E-state index in [4.69, 9.17) is 0 Å². The van der Waals surface area contributed by atoms with E-state index >= 15 is 0 Å². The summed E-state index contributed by atoms with van der Waals surface area (Å²) in [6, 6.07) is 4.56. The minimum Gasteiger partial charge on any atom is -0.229 e. The van der Waals surface area contributed by atoms with Crippen LogP contribution in [0.3, 0.4) is 0 Å². The Labute approximate surface area is 126 Å². The summed E-state index contributed by atoms with van der Waals surface area (Å²) >= 11 is 0. The predicted octanol–water partition coefficient (Wildman–Crippen LogP) is 1.50. The van der Waals surface area contributed by atoms with Gasteiger partial charge in [-0.1, -0.05) is 13.0 Å². The molecular formula is C14H21NO4S2. The molecule has 118 valence electrons. The average molecular weight is 331 g/mol. The molecular weight excluding hydrogens is 310 g/mol. The zero-order valence-electron chi connectivity index (χ0n) is 12.5. The van der Waals surface area contributed by atoms with Crippen LogP contribution in [0.15, 0.2) is 23.1 Å². The summed E-state index contributed by atoms with van der Waals surface area (Å²) in [5.74, 6) is -0.0124. The lowest BCUT2D eigenvalue weighted by molar-refractivity contribution is 0.354. The fourth-order valence-corrected chi connectivity index (χ4v) is 6.21. The standard InChI is InChI=1S/C14H21NO4S2/c1-4-15(13-7-8-20(16,17)10-13)21(18,19)14-6-5-11(2)12(3)9-14/h5-6,9,13H,4,7-8,10H2,1-3H3. The molecule has 1 aliphatic rings. The van der Waals surface area contributed by atoms with Gasteiger partial charge in [0, 0.05) is 12.6 Å². The number of aryl methyl sites for hydroxylation is 2. The van der Waals surface area contributed by atoms with Gasteiger partial charge in [-0.15, -0.1) is 0 Å². The van der Waals surface area contributed by atoms with Gasteiger partial charge >= 0.3 is 0 Å². The summed E-state index contributed by atoms with van der Waals surface area (Å²) in [5, 5.41) is 0. The Balaban J connectivity index is 2.38. The highest BCUT2D eigenvalue weighted by Crippen LogP contribution is 2.25. The van der Waals surface area contributed by atoms with E-state index in [9.17, 15) is 16.8 Å². The van der Waals surface area contributed by atoms with Gasteiger partial charge in [0.25, 0.3) is 0 Å². The lowest BCUT2D eigenvalue weighted by atomic mass is 10.1. The van der Waals surface area contributed by atoms with Gasteiger partial charge in [-0.25, -0.2) is 16.8 Å². The van der Waals surface area contributed by atoms with E-state index in [0.29, 0.717) is 6.42 Å². The average Bonchev–Trinajstić information content (AvgIpc) is 2.73. The smallest absolute Gasteiger partial charge is 0.229 e. The lowest BCUT2D eigenvalue weighted by Gasteiger charge is -2.26. The van der Waals surface area contributed by atoms with Gasteiger partial charge in [-0.2, -0.15) is 4.31 Å². The summed E-state index contributed by atoms with van der Waals surface area (Å²) < 4.78 is 50.0. The molecule has 7 heteroatoms. The SMILES string of the molecule is CCN(C1CCS(=O)(=O)C1)S(=O)(=O)c1ccc(C)c(C)c1. The molecule has 21 heavy (non-hydrogen) atoms. The van der Waals surface area contributed by atoms with Crippen LogP contribution >= 0.6 is 0 Å². The molecule has 0 spiro atoms. The molecule has 0 saturated carbocycles. The highest BCUT2D eigenvalue weighted by atomic mass is 32.2. The van der Waals surface area contributed by atoms with E-state index in [2.05, 4.69) is 0 Å². The van der Waals surface area contributed by atoms with Crippen LogP contribution in [0, 0.1) is 13.8 Å². The van der Waals surface area contributed by atoms with Gasteiger partial charge in [0.15, 0.2) is 9.84 Å². The molecule has 5 nitrogen and oxygen atoms in total. The summed E-state index contributed by atoms with van der Waals surface area (Å²) in [7, 11) is -6.77. The largest absolute Gasteiger partial charge is 0.243 e. The van der Waals surface area contributed by atoms with Gasteiger partial charge in [0.05, 0.1) is 16.4 Å². The maximum absolute atomic E-state index is 12.8. The van der Waals surface area contributed by atoms with Gasteiger partial charge in [-0.3, -0.25) is 0 Å². The molecule has 1 saturated heterocycles. The van der Waals surface area contributed by atoms with Crippen molar-refractivity contribution in [1.29, 1.82) is 0 Å². The minimum atomic E-state index is -3.66. The van der Waals surface area contributed by atoms with E-state index < -0.39 is 25.9 Å². The molecule has 1 aromatic carbocycles. The quantitative estimate of drug-likeness (QED) is 0.838. The molecule has 1 fully saturated rings. The van der Waals surface area contributed by atoms with Crippen LogP contribution in [0.2, 0.25) is 0 Å². The molecule has 1 aromatic rings. The van der Waals surface area contributed by atoms with Crippen LogP contribution in [0.4, 0.5) is 0 Å². The van der Waals surface area contributed by atoms with Crippen LogP contribution in [0.25, 0.3) is 0 Å². The van der Waals surface area contributed by atoms with Crippen molar-refractivity contribution >= 4 is 19.9 Å². The second-order valence-corrected chi connectivity index (χ2v) is 9.63. The maximum atomic E-state index is 12.8. The number of sulfone groups is 1. The number of hydrogen-bond donors (Lipinski definition) is 0. The van der Waals surface area contributed by atoms with Crippen LogP contribution < -0.4 is 0 Å². The summed E-state index contributed by atoms with van der Waals surface area (Å²) in [5.41, 5.74) is 1.94. The Morgan fingerprint density at radius 1 is 1.24 bits per heavy atom. The number of rotatable bonds is 4. The maximum Gasteiger partial charge on any atom is 0.243 e. The highest BCUT2D eigenvalue weighted by Gasteiger charge is 2.37. The fourth-order valence-electron chi connectivity index (χ4n) is 2.64. The molecule has 0 N–H and O–H groups in total. The number of hydrogen-bond acceptors (Lipinski definition) is 4. The molecule has 1 heterocycles. The normalized spacial score (nSPS) is 21.8. The summed E-state index contributed by atoms with van der Waals surface area (Å²) in [6.45, 7) is 5.80. The van der Waals surface area contributed by atoms with Crippen molar-refractivity contribution in [1.82, 2.24) is 4.31 Å². The summed E-state index contributed by atoms with van der Waals surface area (Å²) in [4.78, 5) is 0.233. The van der Waals surface area contributed by atoms with Crippen molar-refractivity contribution in [2.45, 2.75) is 38.1 Å². The lowest BCUT2D eigenvalue weighted by Crippen LogP contribution is -2.40. The molecule has 1 atom stereocenters. The van der Waals surface area contributed by atoms with Crippen LogP contribution in [-0.4, -0.2) is 45.2 Å². The number of benzene rings is 1. The van der Waals surface area contributed by atoms with Gasteiger partial charge in [-0.05, 0) is 43.5 Å². The first-order valence-electron chi connectivity index (χ1n) is 6.97. The van der Waals surface area contributed by atoms with Crippen molar-refractivity contribution in [2.24, 2.45) is 0 Å². The first-order chi connectivity index (χ1) is 9.67. The van der Waals surface area contributed by atoms with E-state index in [1.807, 2.05) is 13.8 Å². The Bertz CT molecular complexity index is 738. The molecule has 2 rings (SSSR count). The predicted molar refractivity (Wildman–Crippen MR) is 82.5 cm³/mol. The van der Waals surface area contributed by atoms with E-state index in [-0.39, 0.29) is 22.9 Å². The Hall–Kier alpha value is -0.920. The van der Waals surface area contributed by atoms with Crippen molar-refractivity contribution in [3.05, 3.63) is 29.3 Å². The second kappa shape index (κ2) is 5.70. The third-order valence-electron chi connectivity index (χ3n) is 4.01. The topological polar surface area (TPSA) is 71.5 Å². The molecule has 0 amide bonds. The molecule has 0 bridgehead atoms. The molecule has 0 aliphatic carbocycles. The van der Waals surface area contributed by atoms with Crippen LogP contribution in [0.5, 0.6) is 0 Å². The van der Waals surface area contributed by atoms with Crippen molar-refractivity contribution in [3.8, 4) is 0 Å². The first kappa shape index (κ1) is 16.5. The van der Waals surface area contributed by atoms with Crippen LogP contribution in [-0.2, 0) is 19.9 Å². The minimum absolute atomic E-state index is 0.0661. The molecule has 1 aliphatic heterocycles. The Morgan fingerprint density at radius 2 is 1.90 bits per heavy atom. The van der Waals surface area contributed by atoms with Crippen molar-refractivity contribution < 1.29 is 16.8 Å².